The van der Waals surface area contributed by atoms with Crippen LogP contribution in [0.15, 0.2) is 54.1 Å². The van der Waals surface area contributed by atoms with Gasteiger partial charge in [0.2, 0.25) is 0 Å². The number of esters is 2. The summed E-state index contributed by atoms with van der Waals surface area (Å²) in [5.74, 6) is 0.955. The van der Waals surface area contributed by atoms with Crippen LogP contribution < -0.4 is 9.47 Å². The summed E-state index contributed by atoms with van der Waals surface area (Å²) in [5, 5.41) is 0. The summed E-state index contributed by atoms with van der Waals surface area (Å²) in [4.78, 5) is 22.4. The van der Waals surface area contributed by atoms with E-state index in [4.69, 9.17) is 9.47 Å². The number of hydrogen-bond donors (Lipinski definition) is 0. The van der Waals surface area contributed by atoms with Gasteiger partial charge >= 0.3 is 11.9 Å². The molecule has 0 aromatic heterocycles. The van der Waals surface area contributed by atoms with E-state index in [-0.39, 0.29) is 11.9 Å². The van der Waals surface area contributed by atoms with Crippen LogP contribution in [0.2, 0.25) is 0 Å². The van der Waals surface area contributed by atoms with E-state index in [2.05, 4.69) is 6.92 Å². The molecular formula is C24H26O4. The predicted molar refractivity (Wildman–Crippen MR) is 109 cm³/mol. The molecule has 0 spiro atoms. The molecular weight excluding hydrogens is 352 g/mol. The van der Waals surface area contributed by atoms with Crippen LogP contribution in [0.3, 0.4) is 0 Å². The van der Waals surface area contributed by atoms with Crippen molar-refractivity contribution in [2.24, 2.45) is 5.92 Å². The molecule has 2 aromatic carbocycles. The summed E-state index contributed by atoms with van der Waals surface area (Å²) in [7, 11) is 0. The maximum absolute atomic E-state index is 11.2. The summed E-state index contributed by atoms with van der Waals surface area (Å²) in [6.45, 7) is 5.08. The van der Waals surface area contributed by atoms with Gasteiger partial charge in [-0.15, -0.1) is 0 Å². The molecule has 0 saturated heterocycles. The summed E-state index contributed by atoms with van der Waals surface area (Å²) in [5.41, 5.74) is 4.86. The molecule has 0 aliphatic heterocycles. The van der Waals surface area contributed by atoms with Crippen LogP contribution in [-0.2, 0) is 9.59 Å². The minimum atomic E-state index is -0.326. The largest absolute Gasteiger partial charge is 0.427 e. The second-order valence-electron chi connectivity index (χ2n) is 7.28. The molecule has 1 aliphatic carbocycles. The van der Waals surface area contributed by atoms with Crippen molar-refractivity contribution < 1.29 is 19.1 Å². The van der Waals surface area contributed by atoms with Gasteiger partial charge < -0.3 is 9.47 Å². The molecule has 3 rings (SSSR count). The average molecular weight is 378 g/mol. The van der Waals surface area contributed by atoms with Gasteiger partial charge in [0.15, 0.2) is 0 Å². The standard InChI is InChI=1S/C24H26O4/c1-16-6-4-5-7-23(16)24(19-8-12-21(13-9-19)27-17(2)25)20-10-14-22(15-11-20)28-18(3)26/h8-16H,4-7H2,1-3H3/t16-/m1/s1. The number of carbonyl (C=O) groups is 2. The molecule has 1 fully saturated rings. The zero-order valence-corrected chi connectivity index (χ0v) is 16.7. The number of carbonyl (C=O) groups excluding carboxylic acids is 2. The highest BCUT2D eigenvalue weighted by Crippen LogP contribution is 2.39. The highest BCUT2D eigenvalue weighted by atomic mass is 16.5. The Bertz CT molecular complexity index is 814. The first-order valence-electron chi connectivity index (χ1n) is 9.75. The Morgan fingerprint density at radius 2 is 1.25 bits per heavy atom. The van der Waals surface area contributed by atoms with Crippen LogP contribution in [0.5, 0.6) is 11.5 Å². The van der Waals surface area contributed by atoms with Gasteiger partial charge in [-0.25, -0.2) is 0 Å². The van der Waals surface area contributed by atoms with Crippen molar-refractivity contribution in [2.75, 3.05) is 0 Å². The quantitative estimate of drug-likeness (QED) is 0.517. The number of ether oxygens (including phenoxy) is 2. The fourth-order valence-electron chi connectivity index (χ4n) is 3.81. The Balaban J connectivity index is 2.02. The van der Waals surface area contributed by atoms with Crippen LogP contribution in [0.25, 0.3) is 5.57 Å². The maximum atomic E-state index is 11.2. The van der Waals surface area contributed by atoms with Gasteiger partial charge in [-0.2, -0.15) is 0 Å². The SMILES string of the molecule is CC(=O)Oc1ccc(C(=C2CCCC[C@H]2C)c2ccc(OC(C)=O)cc2)cc1. The van der Waals surface area contributed by atoms with E-state index in [1.165, 1.54) is 44.3 Å². The summed E-state index contributed by atoms with van der Waals surface area (Å²) < 4.78 is 10.3. The van der Waals surface area contributed by atoms with Crippen LogP contribution in [0, 0.1) is 5.92 Å². The van der Waals surface area contributed by atoms with E-state index in [1.807, 2.05) is 48.5 Å². The highest BCUT2D eigenvalue weighted by molar-refractivity contribution is 5.83. The molecule has 4 nitrogen and oxygen atoms in total. The first-order chi connectivity index (χ1) is 13.4. The fraction of sp³-hybridized carbons (Fsp3) is 0.333. The summed E-state index contributed by atoms with van der Waals surface area (Å²) in [6.07, 6.45) is 4.72. The molecule has 4 heteroatoms. The van der Waals surface area contributed by atoms with E-state index >= 15 is 0 Å². The number of hydrogen-bond acceptors (Lipinski definition) is 4. The minimum absolute atomic E-state index is 0.326. The second-order valence-corrected chi connectivity index (χ2v) is 7.28. The molecule has 1 saturated carbocycles. The van der Waals surface area contributed by atoms with Crippen LogP contribution in [0.1, 0.15) is 57.6 Å². The van der Waals surface area contributed by atoms with Crippen molar-refractivity contribution in [2.45, 2.75) is 46.5 Å². The smallest absolute Gasteiger partial charge is 0.308 e. The third kappa shape index (κ3) is 4.89. The first-order valence-corrected chi connectivity index (χ1v) is 9.75. The van der Waals surface area contributed by atoms with E-state index < -0.39 is 0 Å². The number of benzene rings is 2. The summed E-state index contributed by atoms with van der Waals surface area (Å²) >= 11 is 0. The van der Waals surface area contributed by atoms with Crippen LogP contribution in [-0.4, -0.2) is 11.9 Å². The third-order valence-electron chi connectivity index (χ3n) is 5.06. The molecule has 1 aliphatic rings. The maximum Gasteiger partial charge on any atom is 0.308 e. The van der Waals surface area contributed by atoms with E-state index in [1.54, 1.807) is 0 Å². The first kappa shape index (κ1) is 19.9. The monoisotopic (exact) mass is 378 g/mol. The lowest BCUT2D eigenvalue weighted by Gasteiger charge is -2.26. The highest BCUT2D eigenvalue weighted by Gasteiger charge is 2.21. The predicted octanol–water partition coefficient (Wildman–Crippen LogP) is 5.55. The Hall–Kier alpha value is -2.88. The molecule has 0 N–H and O–H groups in total. The average Bonchev–Trinajstić information content (AvgIpc) is 2.65. The van der Waals surface area contributed by atoms with Gasteiger partial charge in [-0.3, -0.25) is 9.59 Å². The van der Waals surface area contributed by atoms with Crippen molar-refractivity contribution in [1.82, 2.24) is 0 Å². The normalized spacial score (nSPS) is 16.4. The lowest BCUT2D eigenvalue weighted by atomic mass is 9.79. The van der Waals surface area contributed by atoms with Gasteiger partial charge in [0.25, 0.3) is 0 Å². The molecule has 0 bridgehead atoms. The van der Waals surface area contributed by atoms with E-state index in [9.17, 15) is 9.59 Å². The Morgan fingerprint density at radius 1 is 0.786 bits per heavy atom. The minimum Gasteiger partial charge on any atom is -0.427 e. The zero-order valence-electron chi connectivity index (χ0n) is 16.7. The van der Waals surface area contributed by atoms with Crippen molar-refractivity contribution in [3.05, 3.63) is 65.2 Å². The fourth-order valence-corrected chi connectivity index (χ4v) is 3.81. The van der Waals surface area contributed by atoms with Gasteiger partial charge in [0.05, 0.1) is 0 Å². The van der Waals surface area contributed by atoms with Crippen molar-refractivity contribution >= 4 is 17.5 Å². The summed E-state index contributed by atoms with van der Waals surface area (Å²) in [6, 6.07) is 15.3. The molecule has 0 radical (unpaired) electrons. The lowest BCUT2D eigenvalue weighted by Crippen LogP contribution is -2.09. The van der Waals surface area contributed by atoms with Gasteiger partial charge in [0, 0.05) is 13.8 Å². The molecule has 28 heavy (non-hydrogen) atoms. The Labute approximate surface area is 166 Å². The number of allylic oxidation sites excluding steroid dienone is 1. The van der Waals surface area contributed by atoms with Gasteiger partial charge in [-0.05, 0) is 66.1 Å². The van der Waals surface area contributed by atoms with Gasteiger partial charge in [0.1, 0.15) is 11.5 Å². The molecule has 0 amide bonds. The molecule has 0 heterocycles. The Kier molecular flexibility index (Phi) is 6.30. The van der Waals surface area contributed by atoms with Crippen LogP contribution >= 0.6 is 0 Å². The second kappa shape index (κ2) is 8.87. The molecule has 2 aromatic rings. The number of rotatable bonds is 4. The molecule has 146 valence electrons. The third-order valence-corrected chi connectivity index (χ3v) is 5.06. The zero-order chi connectivity index (χ0) is 20.1. The topological polar surface area (TPSA) is 52.6 Å². The van der Waals surface area contributed by atoms with Crippen molar-refractivity contribution in [3.8, 4) is 11.5 Å². The van der Waals surface area contributed by atoms with E-state index in [0.717, 1.165) is 17.5 Å². The lowest BCUT2D eigenvalue weighted by molar-refractivity contribution is -0.132. The Morgan fingerprint density at radius 3 is 1.64 bits per heavy atom. The van der Waals surface area contributed by atoms with Crippen molar-refractivity contribution in [1.29, 1.82) is 0 Å². The van der Waals surface area contributed by atoms with Crippen molar-refractivity contribution in [3.63, 3.8) is 0 Å². The molecule has 0 unspecified atom stereocenters. The van der Waals surface area contributed by atoms with E-state index in [0.29, 0.717) is 17.4 Å². The van der Waals surface area contributed by atoms with Gasteiger partial charge in [-0.1, -0.05) is 43.2 Å². The molecule has 1 atom stereocenters. The van der Waals surface area contributed by atoms with Crippen LogP contribution in [0.4, 0.5) is 0 Å².